The summed E-state index contributed by atoms with van der Waals surface area (Å²) in [6.07, 6.45) is 4.06. The fourth-order valence-electron chi connectivity index (χ4n) is 2.60. The molecule has 2 amide bonds. The van der Waals surface area contributed by atoms with Crippen molar-refractivity contribution in [1.82, 2.24) is 5.32 Å². The van der Waals surface area contributed by atoms with Gasteiger partial charge in [0.2, 0.25) is 6.79 Å². The Bertz CT molecular complexity index is 828. The lowest BCUT2D eigenvalue weighted by atomic mass is 10.1. The van der Waals surface area contributed by atoms with Crippen LogP contribution < -0.4 is 20.1 Å². The minimum absolute atomic E-state index is 0.176. The van der Waals surface area contributed by atoms with Crippen molar-refractivity contribution in [2.24, 2.45) is 5.92 Å². The van der Waals surface area contributed by atoms with Crippen LogP contribution in [0.5, 0.6) is 11.5 Å². The summed E-state index contributed by atoms with van der Waals surface area (Å²) in [5.41, 5.74) is 3.93. The number of nitrogens with one attached hydrogen (secondary N) is 2. The molecule has 1 aliphatic heterocycles. The van der Waals surface area contributed by atoms with E-state index in [4.69, 9.17) is 9.47 Å². The number of aryl methyl sites for hydroxylation is 1. The zero-order valence-corrected chi connectivity index (χ0v) is 15.3. The number of benzene rings is 2. The quantitative estimate of drug-likeness (QED) is 0.769. The molecule has 0 aliphatic carbocycles. The van der Waals surface area contributed by atoms with Gasteiger partial charge in [0, 0.05) is 12.2 Å². The van der Waals surface area contributed by atoms with Crippen molar-refractivity contribution < 1.29 is 14.3 Å². The molecule has 26 heavy (non-hydrogen) atoms. The maximum atomic E-state index is 11.9. The molecule has 3 rings (SSSR count). The topological polar surface area (TPSA) is 59.6 Å². The van der Waals surface area contributed by atoms with Crippen molar-refractivity contribution in [3.05, 3.63) is 53.1 Å². The van der Waals surface area contributed by atoms with Crippen molar-refractivity contribution in [1.29, 1.82) is 0 Å². The number of fused-ring (bicyclic) bond motifs is 1. The molecule has 0 fully saturated rings. The third-order valence-electron chi connectivity index (χ3n) is 4.03. The predicted octanol–water partition coefficient (Wildman–Crippen LogP) is 4.67. The molecular weight excluding hydrogens is 328 g/mol. The standard InChI is InChI=1S/C21H24N2O3/c1-14(2)12-22-21(24)23-18-8-6-16(10-15(18)3)4-5-17-7-9-19-20(11-17)26-13-25-19/h4-11,14H,12-13H2,1-3H3,(H2,22,23,24)/b5-4+. The summed E-state index contributed by atoms with van der Waals surface area (Å²) >= 11 is 0. The summed E-state index contributed by atoms with van der Waals surface area (Å²) in [4.78, 5) is 11.9. The van der Waals surface area contributed by atoms with Gasteiger partial charge in [-0.25, -0.2) is 4.79 Å². The van der Waals surface area contributed by atoms with Gasteiger partial charge in [-0.1, -0.05) is 38.1 Å². The van der Waals surface area contributed by atoms with Crippen LogP contribution in [0.3, 0.4) is 0 Å². The Morgan fingerprint density at radius 1 is 1.08 bits per heavy atom. The first-order valence-electron chi connectivity index (χ1n) is 8.74. The first kappa shape index (κ1) is 17.9. The second kappa shape index (κ2) is 7.95. The zero-order valence-electron chi connectivity index (χ0n) is 15.3. The number of ether oxygens (including phenoxy) is 2. The van der Waals surface area contributed by atoms with Crippen LogP contribution >= 0.6 is 0 Å². The maximum Gasteiger partial charge on any atom is 0.319 e. The molecule has 0 unspecified atom stereocenters. The van der Waals surface area contributed by atoms with Crippen molar-refractivity contribution in [3.63, 3.8) is 0 Å². The summed E-state index contributed by atoms with van der Waals surface area (Å²) in [5.74, 6) is 1.98. The minimum atomic E-state index is -0.176. The van der Waals surface area contributed by atoms with Gasteiger partial charge in [-0.2, -0.15) is 0 Å². The van der Waals surface area contributed by atoms with Crippen molar-refractivity contribution in [3.8, 4) is 11.5 Å². The van der Waals surface area contributed by atoms with Gasteiger partial charge in [0.05, 0.1) is 0 Å². The van der Waals surface area contributed by atoms with Gasteiger partial charge in [-0.15, -0.1) is 0 Å². The second-order valence-electron chi connectivity index (χ2n) is 6.75. The number of anilines is 1. The van der Waals surface area contributed by atoms with E-state index in [0.717, 1.165) is 33.9 Å². The number of rotatable bonds is 5. The van der Waals surface area contributed by atoms with E-state index in [1.807, 2.05) is 55.5 Å². The third kappa shape index (κ3) is 4.57. The van der Waals surface area contributed by atoms with E-state index >= 15 is 0 Å². The summed E-state index contributed by atoms with van der Waals surface area (Å²) in [6.45, 7) is 7.04. The number of hydrogen-bond donors (Lipinski definition) is 2. The predicted molar refractivity (Wildman–Crippen MR) is 105 cm³/mol. The van der Waals surface area contributed by atoms with Crippen molar-refractivity contribution >= 4 is 23.9 Å². The number of carbonyl (C=O) groups excluding carboxylic acids is 1. The van der Waals surface area contributed by atoms with Crippen LogP contribution in [-0.2, 0) is 0 Å². The highest BCUT2D eigenvalue weighted by Gasteiger charge is 2.12. The molecule has 2 N–H and O–H groups in total. The van der Waals surface area contributed by atoms with Crippen molar-refractivity contribution in [2.75, 3.05) is 18.7 Å². The largest absolute Gasteiger partial charge is 0.454 e. The summed E-state index contributed by atoms with van der Waals surface area (Å²) in [7, 11) is 0. The highest BCUT2D eigenvalue weighted by molar-refractivity contribution is 5.90. The van der Waals surface area contributed by atoms with Crippen LogP contribution in [-0.4, -0.2) is 19.4 Å². The Morgan fingerprint density at radius 2 is 1.77 bits per heavy atom. The fourth-order valence-corrected chi connectivity index (χ4v) is 2.60. The number of urea groups is 1. The molecule has 1 aliphatic rings. The van der Waals surface area contributed by atoms with E-state index < -0.39 is 0 Å². The number of hydrogen-bond acceptors (Lipinski definition) is 3. The van der Waals surface area contributed by atoms with E-state index in [1.165, 1.54) is 0 Å². The fraction of sp³-hybridized carbons (Fsp3) is 0.286. The van der Waals surface area contributed by atoms with Crippen LogP contribution in [0.4, 0.5) is 10.5 Å². The van der Waals surface area contributed by atoms with Gasteiger partial charge < -0.3 is 20.1 Å². The molecule has 136 valence electrons. The van der Waals surface area contributed by atoms with E-state index in [-0.39, 0.29) is 12.8 Å². The Labute approximate surface area is 154 Å². The lowest BCUT2D eigenvalue weighted by Crippen LogP contribution is -2.31. The van der Waals surface area contributed by atoms with Gasteiger partial charge in [0.1, 0.15) is 0 Å². The average molecular weight is 352 g/mol. The van der Waals surface area contributed by atoms with Crippen LogP contribution in [0.15, 0.2) is 36.4 Å². The smallest absolute Gasteiger partial charge is 0.319 e. The Kier molecular flexibility index (Phi) is 5.46. The van der Waals surface area contributed by atoms with E-state index in [9.17, 15) is 4.79 Å². The first-order valence-corrected chi connectivity index (χ1v) is 8.74. The molecule has 0 saturated heterocycles. The van der Waals surface area contributed by atoms with Gasteiger partial charge >= 0.3 is 6.03 Å². The molecule has 5 nitrogen and oxygen atoms in total. The highest BCUT2D eigenvalue weighted by Crippen LogP contribution is 2.33. The lowest BCUT2D eigenvalue weighted by Gasteiger charge is -2.11. The summed E-state index contributed by atoms with van der Waals surface area (Å²) < 4.78 is 10.7. The normalized spacial score (nSPS) is 12.6. The van der Waals surface area contributed by atoms with Crippen LogP contribution in [0.25, 0.3) is 12.2 Å². The molecular formula is C21H24N2O3. The monoisotopic (exact) mass is 352 g/mol. The van der Waals surface area contributed by atoms with Crippen LogP contribution in [0, 0.1) is 12.8 Å². The Morgan fingerprint density at radius 3 is 2.50 bits per heavy atom. The zero-order chi connectivity index (χ0) is 18.5. The molecule has 0 saturated carbocycles. The lowest BCUT2D eigenvalue weighted by molar-refractivity contribution is 0.174. The molecule has 0 spiro atoms. The molecule has 1 heterocycles. The number of carbonyl (C=O) groups is 1. The van der Waals surface area contributed by atoms with Crippen LogP contribution in [0.2, 0.25) is 0 Å². The molecule has 0 radical (unpaired) electrons. The molecule has 0 aromatic heterocycles. The van der Waals surface area contributed by atoms with E-state index in [0.29, 0.717) is 12.5 Å². The Hall–Kier alpha value is -2.95. The van der Waals surface area contributed by atoms with Gasteiger partial charge in [0.25, 0.3) is 0 Å². The molecule has 5 heteroatoms. The summed E-state index contributed by atoms with van der Waals surface area (Å²) in [6, 6.07) is 11.6. The minimum Gasteiger partial charge on any atom is -0.454 e. The highest BCUT2D eigenvalue weighted by atomic mass is 16.7. The molecule has 2 aromatic rings. The molecule has 2 aromatic carbocycles. The van der Waals surface area contributed by atoms with Gasteiger partial charge in [-0.3, -0.25) is 0 Å². The van der Waals surface area contributed by atoms with Crippen LogP contribution in [0.1, 0.15) is 30.5 Å². The number of amides is 2. The summed E-state index contributed by atoms with van der Waals surface area (Å²) in [5, 5.41) is 5.74. The maximum absolute atomic E-state index is 11.9. The first-order chi connectivity index (χ1) is 12.5. The van der Waals surface area contributed by atoms with Gasteiger partial charge in [0.15, 0.2) is 11.5 Å². The van der Waals surface area contributed by atoms with Crippen molar-refractivity contribution in [2.45, 2.75) is 20.8 Å². The van der Waals surface area contributed by atoms with E-state index in [1.54, 1.807) is 0 Å². The molecule has 0 bridgehead atoms. The third-order valence-corrected chi connectivity index (χ3v) is 4.03. The second-order valence-corrected chi connectivity index (χ2v) is 6.75. The SMILES string of the molecule is Cc1cc(/C=C/c2ccc3c(c2)OCO3)ccc1NC(=O)NCC(C)C. The van der Waals surface area contributed by atoms with E-state index in [2.05, 4.69) is 24.5 Å². The average Bonchev–Trinajstić information content (AvgIpc) is 3.08. The molecule has 0 atom stereocenters. The Balaban J connectivity index is 1.64. The van der Waals surface area contributed by atoms with Gasteiger partial charge in [-0.05, 0) is 53.8 Å².